The molecule has 2 amide bonds. The summed E-state index contributed by atoms with van der Waals surface area (Å²) in [5.74, 6) is -1.29. The van der Waals surface area contributed by atoms with Crippen LogP contribution in [-0.2, 0) is 11.3 Å². The number of carboxylic acids is 1. The van der Waals surface area contributed by atoms with Gasteiger partial charge in [0.15, 0.2) is 0 Å². The summed E-state index contributed by atoms with van der Waals surface area (Å²) in [6.45, 7) is 1.29. The van der Waals surface area contributed by atoms with Crippen molar-refractivity contribution in [2.45, 2.75) is 19.4 Å². The molecule has 1 atom stereocenters. The standard InChI is InChI=1S/C15H19ClN2O3/c1-17(9-11-5-2-3-7-13(11)16)15(21)18-8-4-6-12(10-18)14(19)20/h2-3,5,7,12H,4,6,8-10H2,1H3,(H,19,20)/t12-/m0/s1. The molecule has 1 aromatic carbocycles. The lowest BCUT2D eigenvalue weighted by molar-refractivity contribution is -0.143. The van der Waals surface area contributed by atoms with E-state index in [1.54, 1.807) is 22.9 Å². The fourth-order valence-electron chi connectivity index (χ4n) is 2.54. The number of piperidine rings is 1. The van der Waals surface area contributed by atoms with E-state index in [0.717, 1.165) is 12.0 Å². The molecule has 1 aromatic rings. The normalized spacial score (nSPS) is 18.4. The van der Waals surface area contributed by atoms with E-state index in [1.165, 1.54) is 0 Å². The minimum atomic E-state index is -0.832. The molecule has 0 aliphatic carbocycles. The summed E-state index contributed by atoms with van der Waals surface area (Å²) in [5.41, 5.74) is 0.877. The maximum Gasteiger partial charge on any atom is 0.320 e. The first-order chi connectivity index (χ1) is 9.99. The van der Waals surface area contributed by atoms with Crippen LogP contribution < -0.4 is 0 Å². The van der Waals surface area contributed by atoms with Crippen LogP contribution in [0.5, 0.6) is 0 Å². The van der Waals surface area contributed by atoms with Gasteiger partial charge < -0.3 is 14.9 Å². The number of hydrogen-bond donors (Lipinski definition) is 1. The van der Waals surface area contributed by atoms with Crippen LogP contribution in [0.15, 0.2) is 24.3 Å². The Hall–Kier alpha value is -1.75. The molecule has 114 valence electrons. The average molecular weight is 311 g/mol. The highest BCUT2D eigenvalue weighted by atomic mass is 35.5. The Morgan fingerprint density at radius 1 is 1.43 bits per heavy atom. The zero-order valence-corrected chi connectivity index (χ0v) is 12.7. The van der Waals surface area contributed by atoms with Crippen LogP contribution in [0.1, 0.15) is 18.4 Å². The molecule has 1 heterocycles. The van der Waals surface area contributed by atoms with Gasteiger partial charge in [-0.15, -0.1) is 0 Å². The summed E-state index contributed by atoms with van der Waals surface area (Å²) in [7, 11) is 1.70. The molecule has 1 saturated heterocycles. The summed E-state index contributed by atoms with van der Waals surface area (Å²) in [6, 6.07) is 7.23. The van der Waals surface area contributed by atoms with Crippen molar-refractivity contribution >= 4 is 23.6 Å². The number of likely N-dealkylation sites (tertiary alicyclic amines) is 1. The third-order valence-corrected chi connectivity index (χ3v) is 4.10. The first kappa shape index (κ1) is 15.6. The summed E-state index contributed by atoms with van der Waals surface area (Å²) >= 11 is 6.09. The molecule has 2 rings (SSSR count). The van der Waals surface area contributed by atoms with Gasteiger partial charge in [-0.05, 0) is 24.5 Å². The van der Waals surface area contributed by atoms with E-state index < -0.39 is 11.9 Å². The SMILES string of the molecule is CN(Cc1ccccc1Cl)C(=O)N1CCC[C@H](C(=O)O)C1. The van der Waals surface area contributed by atoms with Gasteiger partial charge in [0.2, 0.25) is 0 Å². The monoisotopic (exact) mass is 310 g/mol. The van der Waals surface area contributed by atoms with Crippen molar-refractivity contribution < 1.29 is 14.7 Å². The predicted octanol–water partition coefficient (Wildman–Crippen LogP) is 2.69. The zero-order chi connectivity index (χ0) is 15.4. The minimum Gasteiger partial charge on any atom is -0.481 e. The maximum absolute atomic E-state index is 12.4. The van der Waals surface area contributed by atoms with Gasteiger partial charge in [-0.25, -0.2) is 4.79 Å². The number of urea groups is 1. The molecular weight excluding hydrogens is 292 g/mol. The molecule has 0 unspecified atom stereocenters. The van der Waals surface area contributed by atoms with E-state index in [9.17, 15) is 9.59 Å². The predicted molar refractivity (Wildman–Crippen MR) is 80.2 cm³/mol. The van der Waals surface area contributed by atoms with Gasteiger partial charge in [-0.3, -0.25) is 4.79 Å². The Bertz CT molecular complexity index is 535. The molecule has 1 fully saturated rings. The number of nitrogens with zero attached hydrogens (tertiary/aromatic N) is 2. The Labute approximate surface area is 129 Å². The van der Waals surface area contributed by atoms with Gasteiger partial charge in [0.25, 0.3) is 0 Å². The van der Waals surface area contributed by atoms with E-state index in [0.29, 0.717) is 24.5 Å². The molecule has 21 heavy (non-hydrogen) atoms. The molecule has 1 aliphatic rings. The van der Waals surface area contributed by atoms with Gasteiger partial charge >= 0.3 is 12.0 Å². The summed E-state index contributed by atoms with van der Waals surface area (Å²) in [5, 5.41) is 9.70. The number of benzene rings is 1. The van der Waals surface area contributed by atoms with E-state index in [4.69, 9.17) is 16.7 Å². The second kappa shape index (κ2) is 6.80. The molecule has 6 heteroatoms. The van der Waals surface area contributed by atoms with Gasteiger partial charge in [0.05, 0.1) is 5.92 Å². The molecule has 0 spiro atoms. The fourth-order valence-corrected chi connectivity index (χ4v) is 2.74. The van der Waals surface area contributed by atoms with Crippen LogP contribution in [0.2, 0.25) is 5.02 Å². The fraction of sp³-hybridized carbons (Fsp3) is 0.467. The largest absolute Gasteiger partial charge is 0.481 e. The number of carbonyl (C=O) groups excluding carboxylic acids is 1. The molecule has 1 aliphatic heterocycles. The lowest BCUT2D eigenvalue weighted by atomic mass is 9.99. The third kappa shape index (κ3) is 3.88. The first-order valence-electron chi connectivity index (χ1n) is 6.95. The van der Waals surface area contributed by atoms with Crippen molar-refractivity contribution in [1.82, 2.24) is 9.80 Å². The van der Waals surface area contributed by atoms with Crippen LogP contribution in [0.4, 0.5) is 4.79 Å². The molecule has 0 aromatic heterocycles. The van der Waals surface area contributed by atoms with Crippen molar-refractivity contribution in [1.29, 1.82) is 0 Å². The van der Waals surface area contributed by atoms with Gasteiger partial charge in [-0.2, -0.15) is 0 Å². The summed E-state index contributed by atoms with van der Waals surface area (Å²) in [6.07, 6.45) is 1.36. The lowest BCUT2D eigenvalue weighted by Gasteiger charge is -2.33. The molecule has 0 bridgehead atoms. The topological polar surface area (TPSA) is 60.9 Å². The highest BCUT2D eigenvalue weighted by Crippen LogP contribution is 2.20. The van der Waals surface area contributed by atoms with Crippen molar-refractivity contribution in [3.8, 4) is 0 Å². The van der Waals surface area contributed by atoms with Crippen molar-refractivity contribution in [2.75, 3.05) is 20.1 Å². The lowest BCUT2D eigenvalue weighted by Crippen LogP contribution is -2.47. The van der Waals surface area contributed by atoms with Crippen molar-refractivity contribution in [3.05, 3.63) is 34.9 Å². The average Bonchev–Trinajstić information content (AvgIpc) is 2.49. The smallest absolute Gasteiger partial charge is 0.320 e. The number of halogens is 1. The Balaban J connectivity index is 1.99. The zero-order valence-electron chi connectivity index (χ0n) is 12.0. The second-order valence-electron chi connectivity index (χ2n) is 5.35. The van der Waals surface area contributed by atoms with Crippen LogP contribution in [0.25, 0.3) is 0 Å². The molecule has 0 saturated carbocycles. The summed E-state index contributed by atoms with van der Waals surface area (Å²) in [4.78, 5) is 26.6. The van der Waals surface area contributed by atoms with E-state index in [1.807, 2.05) is 18.2 Å². The van der Waals surface area contributed by atoms with Crippen LogP contribution in [-0.4, -0.2) is 47.0 Å². The molecular formula is C15H19ClN2O3. The molecule has 0 radical (unpaired) electrons. The van der Waals surface area contributed by atoms with Crippen molar-refractivity contribution in [2.24, 2.45) is 5.92 Å². The molecule has 1 N–H and O–H groups in total. The second-order valence-corrected chi connectivity index (χ2v) is 5.76. The Kier molecular flexibility index (Phi) is 5.07. The first-order valence-corrected chi connectivity index (χ1v) is 7.33. The molecule has 5 nitrogen and oxygen atoms in total. The highest BCUT2D eigenvalue weighted by Gasteiger charge is 2.29. The van der Waals surface area contributed by atoms with Crippen LogP contribution in [0, 0.1) is 5.92 Å². The number of aliphatic carboxylic acids is 1. The number of rotatable bonds is 3. The van der Waals surface area contributed by atoms with E-state index in [2.05, 4.69) is 0 Å². The van der Waals surface area contributed by atoms with Crippen molar-refractivity contribution in [3.63, 3.8) is 0 Å². The van der Waals surface area contributed by atoms with Crippen LogP contribution in [0.3, 0.4) is 0 Å². The van der Waals surface area contributed by atoms with E-state index >= 15 is 0 Å². The third-order valence-electron chi connectivity index (χ3n) is 3.73. The Morgan fingerprint density at radius 2 is 2.14 bits per heavy atom. The quantitative estimate of drug-likeness (QED) is 0.933. The summed E-state index contributed by atoms with van der Waals surface area (Å²) < 4.78 is 0. The van der Waals surface area contributed by atoms with Crippen LogP contribution >= 0.6 is 11.6 Å². The number of hydrogen-bond acceptors (Lipinski definition) is 2. The van der Waals surface area contributed by atoms with E-state index in [-0.39, 0.29) is 12.6 Å². The van der Waals surface area contributed by atoms with Gasteiger partial charge in [0.1, 0.15) is 0 Å². The van der Waals surface area contributed by atoms with Gasteiger partial charge in [-0.1, -0.05) is 29.8 Å². The minimum absolute atomic E-state index is 0.152. The maximum atomic E-state index is 12.4. The Morgan fingerprint density at radius 3 is 2.81 bits per heavy atom. The number of carbonyl (C=O) groups is 2. The van der Waals surface area contributed by atoms with Gasteiger partial charge in [0, 0.05) is 31.7 Å². The number of carboxylic acid groups (broad SMARTS) is 1. The highest BCUT2D eigenvalue weighted by molar-refractivity contribution is 6.31. The number of amides is 2.